The van der Waals surface area contributed by atoms with E-state index in [0.717, 1.165) is 51.4 Å². The van der Waals surface area contributed by atoms with Crippen molar-refractivity contribution in [1.82, 2.24) is 14.9 Å². The summed E-state index contributed by atoms with van der Waals surface area (Å²) in [6.07, 6.45) is 4.13. The average Bonchev–Trinajstić information content (AvgIpc) is 3.30. The highest BCUT2D eigenvalue weighted by Crippen LogP contribution is 2.46. The summed E-state index contributed by atoms with van der Waals surface area (Å²) in [6, 6.07) is 14.6. The Morgan fingerprint density at radius 3 is 2.41 bits per heavy atom. The van der Waals surface area contributed by atoms with Crippen LogP contribution in [-0.4, -0.2) is 46.2 Å². The molecule has 0 radical (unpaired) electrons. The van der Waals surface area contributed by atoms with Gasteiger partial charge in [-0.1, -0.05) is 24.3 Å². The molecule has 0 amide bonds. The monoisotopic (exact) mass is 544 g/mol. The molecule has 3 heterocycles. The fourth-order valence-corrected chi connectivity index (χ4v) is 6.79. The largest absolute Gasteiger partial charge is 0.496 e. The minimum atomic E-state index is 0.0450. The van der Waals surface area contributed by atoms with Crippen molar-refractivity contribution in [3.8, 4) is 22.6 Å². The van der Waals surface area contributed by atoms with E-state index in [-0.39, 0.29) is 17.2 Å². The molecular weight excluding hydrogens is 504 g/mol. The van der Waals surface area contributed by atoms with Gasteiger partial charge >= 0.3 is 0 Å². The summed E-state index contributed by atoms with van der Waals surface area (Å²) in [5.74, 6) is 2.65. The maximum atomic E-state index is 6.33. The van der Waals surface area contributed by atoms with E-state index in [1.807, 2.05) is 24.4 Å². The molecule has 0 aliphatic carbocycles. The zero-order chi connectivity index (χ0) is 27.9. The SMILES string of the molecule is COc1ccccc1-c1csc2cnc(Nc3ccc(C4CC(C)(C)N(C)C(C)(C)C4)cc3OC(C)C)nc12. The number of piperidine rings is 1. The number of benzene rings is 2. The first-order chi connectivity index (χ1) is 18.5. The Hall–Kier alpha value is -3.16. The summed E-state index contributed by atoms with van der Waals surface area (Å²) in [7, 11) is 3.95. The van der Waals surface area contributed by atoms with Gasteiger partial charge in [-0.2, -0.15) is 0 Å². The molecule has 0 saturated carbocycles. The van der Waals surface area contributed by atoms with Gasteiger partial charge in [-0.05, 0) is 91.1 Å². The number of fused-ring (bicyclic) bond motifs is 1. The minimum absolute atomic E-state index is 0.0450. The number of aromatic nitrogens is 2. The number of rotatable bonds is 7. The van der Waals surface area contributed by atoms with Crippen LogP contribution in [-0.2, 0) is 0 Å². The topological polar surface area (TPSA) is 59.5 Å². The summed E-state index contributed by atoms with van der Waals surface area (Å²) in [5.41, 5.74) is 5.38. The van der Waals surface area contributed by atoms with Crippen LogP contribution in [0.2, 0.25) is 0 Å². The van der Waals surface area contributed by atoms with Gasteiger partial charge in [0.05, 0.1) is 35.3 Å². The van der Waals surface area contributed by atoms with Crippen molar-refractivity contribution < 1.29 is 9.47 Å². The summed E-state index contributed by atoms with van der Waals surface area (Å²) in [6.45, 7) is 13.5. The lowest BCUT2D eigenvalue weighted by Crippen LogP contribution is -2.58. The maximum Gasteiger partial charge on any atom is 0.227 e. The van der Waals surface area contributed by atoms with E-state index in [0.29, 0.717) is 11.9 Å². The van der Waals surface area contributed by atoms with Crippen LogP contribution in [0.3, 0.4) is 0 Å². The number of anilines is 2. The summed E-state index contributed by atoms with van der Waals surface area (Å²) >= 11 is 1.64. The minimum Gasteiger partial charge on any atom is -0.496 e. The van der Waals surface area contributed by atoms with Crippen LogP contribution in [0.15, 0.2) is 54.0 Å². The molecule has 4 aromatic rings. The van der Waals surface area contributed by atoms with Crippen LogP contribution in [0, 0.1) is 0 Å². The highest BCUT2D eigenvalue weighted by atomic mass is 32.1. The number of para-hydroxylation sites is 1. The number of methoxy groups -OCH3 is 1. The van der Waals surface area contributed by atoms with Gasteiger partial charge in [0.2, 0.25) is 5.95 Å². The smallest absolute Gasteiger partial charge is 0.227 e. The number of nitrogens with one attached hydrogen (secondary N) is 1. The van der Waals surface area contributed by atoms with Crippen LogP contribution in [0.25, 0.3) is 21.3 Å². The van der Waals surface area contributed by atoms with Crippen molar-refractivity contribution in [2.75, 3.05) is 19.5 Å². The molecule has 1 fully saturated rings. The Morgan fingerprint density at radius 2 is 1.72 bits per heavy atom. The van der Waals surface area contributed by atoms with Gasteiger partial charge in [0, 0.05) is 27.6 Å². The lowest BCUT2D eigenvalue weighted by Gasteiger charge is -2.54. The van der Waals surface area contributed by atoms with Gasteiger partial charge in [-0.15, -0.1) is 11.3 Å². The Kier molecular flexibility index (Phi) is 7.33. The van der Waals surface area contributed by atoms with Gasteiger partial charge in [0.25, 0.3) is 0 Å². The zero-order valence-electron chi connectivity index (χ0n) is 24.3. The Balaban J connectivity index is 1.48. The third-order valence-electron chi connectivity index (χ3n) is 8.11. The second kappa shape index (κ2) is 10.4. The van der Waals surface area contributed by atoms with Crippen LogP contribution in [0.5, 0.6) is 11.5 Å². The van der Waals surface area contributed by atoms with E-state index in [1.54, 1.807) is 18.4 Å². The predicted molar refractivity (Wildman–Crippen MR) is 163 cm³/mol. The Bertz CT molecular complexity index is 1460. The van der Waals surface area contributed by atoms with E-state index in [4.69, 9.17) is 14.5 Å². The summed E-state index contributed by atoms with van der Waals surface area (Å²) in [5, 5.41) is 5.57. The lowest BCUT2D eigenvalue weighted by atomic mass is 9.71. The van der Waals surface area contributed by atoms with Crippen molar-refractivity contribution in [3.63, 3.8) is 0 Å². The van der Waals surface area contributed by atoms with Gasteiger partial charge in [-0.25, -0.2) is 9.97 Å². The van der Waals surface area contributed by atoms with E-state index >= 15 is 0 Å². The van der Waals surface area contributed by atoms with E-state index < -0.39 is 0 Å². The van der Waals surface area contributed by atoms with Crippen molar-refractivity contribution in [1.29, 1.82) is 0 Å². The molecule has 2 aromatic heterocycles. The highest BCUT2D eigenvalue weighted by Gasteiger charge is 2.43. The highest BCUT2D eigenvalue weighted by molar-refractivity contribution is 7.17. The molecule has 0 bridgehead atoms. The molecule has 1 N–H and O–H groups in total. The summed E-state index contributed by atoms with van der Waals surface area (Å²) in [4.78, 5) is 12.1. The Morgan fingerprint density at radius 1 is 1.00 bits per heavy atom. The fourth-order valence-electron chi connectivity index (χ4n) is 5.92. The normalized spacial score (nSPS) is 17.5. The van der Waals surface area contributed by atoms with Crippen molar-refractivity contribution in [2.45, 2.75) is 77.5 Å². The van der Waals surface area contributed by atoms with Crippen LogP contribution in [0.4, 0.5) is 11.6 Å². The maximum absolute atomic E-state index is 6.33. The average molecular weight is 545 g/mol. The molecule has 0 spiro atoms. The molecule has 0 atom stereocenters. The quantitative estimate of drug-likeness (QED) is 0.253. The third kappa shape index (κ3) is 5.48. The zero-order valence-corrected chi connectivity index (χ0v) is 25.1. The number of ether oxygens (including phenoxy) is 2. The van der Waals surface area contributed by atoms with Crippen LogP contribution < -0.4 is 14.8 Å². The van der Waals surface area contributed by atoms with Gasteiger partial charge < -0.3 is 14.8 Å². The molecule has 1 aliphatic rings. The number of likely N-dealkylation sites (tertiary alicyclic amines) is 1. The lowest BCUT2D eigenvalue weighted by molar-refractivity contribution is -0.0128. The first kappa shape index (κ1) is 27.4. The molecule has 1 aliphatic heterocycles. The summed E-state index contributed by atoms with van der Waals surface area (Å²) < 4.78 is 13.0. The molecule has 206 valence electrons. The van der Waals surface area contributed by atoms with Crippen molar-refractivity contribution in [3.05, 3.63) is 59.6 Å². The molecule has 1 saturated heterocycles. The Labute approximate surface area is 236 Å². The number of hydrogen-bond acceptors (Lipinski definition) is 7. The van der Waals surface area contributed by atoms with Gasteiger partial charge in [0.1, 0.15) is 11.5 Å². The molecular formula is C32H40N4O2S. The second-order valence-electron chi connectivity index (χ2n) is 12.1. The molecule has 6 nitrogen and oxygen atoms in total. The molecule has 2 aromatic carbocycles. The molecule has 39 heavy (non-hydrogen) atoms. The predicted octanol–water partition coefficient (Wildman–Crippen LogP) is 8.26. The van der Waals surface area contributed by atoms with E-state index in [1.165, 1.54) is 5.56 Å². The standard InChI is InChI=1S/C32H40N4O2S/c1-20(2)38-27-15-21(22-16-31(3,4)36(7)32(5,6)17-22)13-14-25(27)34-30-33-18-28-29(35-30)24(19-39-28)23-11-9-10-12-26(23)37-8/h9-15,18-20,22H,16-17H2,1-8H3,(H,33,34,35). The van der Waals surface area contributed by atoms with Crippen molar-refractivity contribution in [2.24, 2.45) is 0 Å². The van der Waals surface area contributed by atoms with E-state index in [9.17, 15) is 0 Å². The fraction of sp³-hybridized carbons (Fsp3) is 0.438. The van der Waals surface area contributed by atoms with Gasteiger partial charge in [0.15, 0.2) is 0 Å². The first-order valence-corrected chi connectivity index (χ1v) is 14.6. The van der Waals surface area contributed by atoms with E-state index in [2.05, 4.69) is 93.4 Å². The molecule has 7 heteroatoms. The number of thiophene rings is 1. The van der Waals surface area contributed by atoms with Crippen LogP contribution in [0.1, 0.15) is 65.9 Å². The van der Waals surface area contributed by atoms with Gasteiger partial charge in [-0.3, -0.25) is 4.90 Å². The van der Waals surface area contributed by atoms with Crippen LogP contribution >= 0.6 is 11.3 Å². The second-order valence-corrected chi connectivity index (χ2v) is 13.0. The first-order valence-electron chi connectivity index (χ1n) is 13.7. The molecule has 5 rings (SSSR count). The number of hydrogen-bond donors (Lipinski definition) is 1. The molecule has 0 unspecified atom stereocenters. The number of nitrogens with zero attached hydrogens (tertiary/aromatic N) is 3. The third-order valence-corrected chi connectivity index (χ3v) is 9.01. The van der Waals surface area contributed by atoms with Crippen molar-refractivity contribution >= 4 is 33.2 Å².